The van der Waals surface area contributed by atoms with Gasteiger partial charge < -0.3 is 4.90 Å². The Morgan fingerprint density at radius 3 is 0.965 bits per heavy atom. The second-order valence-corrected chi connectivity index (χ2v) is 18.7. The molecule has 7 rings (SSSR count). The lowest BCUT2D eigenvalue weighted by molar-refractivity contribution is 0.650. The van der Waals surface area contributed by atoms with E-state index in [-0.39, 0.29) is 5.41 Å². The second-order valence-electron chi connectivity index (χ2n) is 18.7. The molecule has 1 aliphatic rings. The number of rotatable bonds is 4. The van der Waals surface area contributed by atoms with E-state index in [9.17, 15) is 0 Å². The summed E-state index contributed by atoms with van der Waals surface area (Å²) in [7, 11) is 0. The van der Waals surface area contributed by atoms with E-state index in [4.69, 9.17) is 0 Å². The lowest BCUT2D eigenvalue weighted by atomic mass is 9.74. The number of benzene rings is 6. The van der Waals surface area contributed by atoms with Crippen molar-refractivity contribution < 1.29 is 0 Å². The number of hydrogen-bond acceptors (Lipinski definition) is 1. The summed E-state index contributed by atoms with van der Waals surface area (Å²) in [6.45, 7) is 49.6. The maximum absolute atomic E-state index is 2.70. The highest BCUT2D eigenvalue weighted by Crippen LogP contribution is 2.59. The minimum absolute atomic E-state index is 0.129. The first-order valence-electron chi connectivity index (χ1n) is 21.2. The Morgan fingerprint density at radius 2 is 0.561 bits per heavy atom. The Bertz CT molecular complexity index is 2620. The van der Waals surface area contributed by atoms with Gasteiger partial charge in [-0.15, -0.1) is 0 Å². The van der Waals surface area contributed by atoms with Gasteiger partial charge in [0.2, 0.25) is 0 Å². The molecule has 296 valence electrons. The zero-order valence-corrected chi connectivity index (χ0v) is 39.3. The van der Waals surface area contributed by atoms with Crippen molar-refractivity contribution in [2.45, 2.75) is 151 Å². The zero-order valence-electron chi connectivity index (χ0n) is 39.3. The summed E-state index contributed by atoms with van der Waals surface area (Å²) in [4.78, 5) is 2.70. The molecule has 6 aromatic rings. The van der Waals surface area contributed by atoms with Crippen LogP contribution in [-0.2, 0) is 5.41 Å². The van der Waals surface area contributed by atoms with Gasteiger partial charge in [0.05, 0.1) is 17.1 Å². The fourth-order valence-corrected chi connectivity index (χ4v) is 11.4. The highest BCUT2D eigenvalue weighted by Gasteiger charge is 2.42. The van der Waals surface area contributed by atoms with Gasteiger partial charge in [-0.3, -0.25) is 0 Å². The Kier molecular flexibility index (Phi) is 9.59. The molecule has 1 heteroatoms. The average molecular weight is 754 g/mol. The molecule has 0 atom stereocenters. The summed E-state index contributed by atoms with van der Waals surface area (Å²) < 4.78 is 0. The molecular formula is C56H67N. The highest BCUT2D eigenvalue weighted by molar-refractivity contribution is 6.12. The molecule has 0 saturated heterocycles. The van der Waals surface area contributed by atoms with Crippen molar-refractivity contribution >= 4 is 27.8 Å². The van der Waals surface area contributed by atoms with Crippen molar-refractivity contribution in [1.29, 1.82) is 0 Å². The minimum Gasteiger partial charge on any atom is -0.309 e. The summed E-state index contributed by atoms with van der Waals surface area (Å²) in [5.74, 6) is 0. The predicted octanol–water partition coefficient (Wildman–Crippen LogP) is 16.1. The Labute approximate surface area is 345 Å². The van der Waals surface area contributed by atoms with Crippen molar-refractivity contribution in [1.82, 2.24) is 0 Å². The zero-order chi connectivity index (χ0) is 42.2. The molecule has 0 radical (unpaired) electrons. The van der Waals surface area contributed by atoms with Crippen LogP contribution in [0.5, 0.6) is 0 Å². The van der Waals surface area contributed by atoms with Crippen molar-refractivity contribution in [3.05, 3.63) is 141 Å². The van der Waals surface area contributed by atoms with Crippen molar-refractivity contribution in [3.8, 4) is 22.3 Å². The standard InChI is InChI=1S/C56H67N/c1-26-30(5)38(13)53(39(14)31(26)6)57(54-40(15)32(7)27(2)33(8)41(54)16)55-42(17)35(10)47(36(11)43(55)18)48-44(19)52-50(46-25-23-22-24-45(46)48)49-34(9)28(3)29(4)37(12)51(49)56(52,20)21/h22-25H,1-21H3. The van der Waals surface area contributed by atoms with Crippen LogP contribution in [0.3, 0.4) is 0 Å². The molecule has 0 saturated carbocycles. The number of nitrogens with zero attached hydrogens (tertiary/aromatic N) is 1. The molecule has 57 heavy (non-hydrogen) atoms. The Balaban J connectivity index is 1.64. The highest BCUT2D eigenvalue weighted by atomic mass is 15.2. The minimum atomic E-state index is -0.129. The average Bonchev–Trinajstić information content (AvgIpc) is 3.43. The topological polar surface area (TPSA) is 3.24 Å². The van der Waals surface area contributed by atoms with Gasteiger partial charge >= 0.3 is 0 Å². The smallest absolute Gasteiger partial charge is 0.0526 e. The molecule has 0 bridgehead atoms. The number of anilines is 3. The first kappa shape index (κ1) is 40.6. The van der Waals surface area contributed by atoms with E-state index in [2.05, 4.69) is 175 Å². The molecule has 6 aromatic carbocycles. The van der Waals surface area contributed by atoms with Crippen LogP contribution in [0.2, 0.25) is 0 Å². The van der Waals surface area contributed by atoms with E-state index in [0.29, 0.717) is 0 Å². The molecule has 0 fully saturated rings. The van der Waals surface area contributed by atoms with E-state index < -0.39 is 0 Å². The summed E-state index contributed by atoms with van der Waals surface area (Å²) in [6, 6.07) is 9.29. The van der Waals surface area contributed by atoms with Crippen LogP contribution < -0.4 is 4.90 Å². The van der Waals surface area contributed by atoms with Gasteiger partial charge in [-0.2, -0.15) is 0 Å². The van der Waals surface area contributed by atoms with Crippen LogP contribution in [0.15, 0.2) is 24.3 Å². The van der Waals surface area contributed by atoms with E-state index >= 15 is 0 Å². The van der Waals surface area contributed by atoms with Gasteiger partial charge in [-0.25, -0.2) is 0 Å². The molecule has 0 aliphatic heterocycles. The van der Waals surface area contributed by atoms with E-state index in [0.717, 1.165) is 0 Å². The van der Waals surface area contributed by atoms with Gasteiger partial charge in [0.1, 0.15) is 0 Å². The lowest BCUT2D eigenvalue weighted by Crippen LogP contribution is -2.21. The summed E-state index contributed by atoms with van der Waals surface area (Å²) in [6.07, 6.45) is 0. The van der Waals surface area contributed by atoms with E-state index in [1.807, 2.05) is 0 Å². The second kappa shape index (κ2) is 13.5. The third-order valence-corrected chi connectivity index (χ3v) is 16.1. The lowest BCUT2D eigenvalue weighted by Gasteiger charge is -2.38. The summed E-state index contributed by atoms with van der Waals surface area (Å²) >= 11 is 0. The van der Waals surface area contributed by atoms with E-state index in [1.54, 1.807) is 0 Å². The van der Waals surface area contributed by atoms with Crippen molar-refractivity contribution in [2.24, 2.45) is 0 Å². The van der Waals surface area contributed by atoms with Gasteiger partial charge in [-0.1, -0.05) is 38.1 Å². The van der Waals surface area contributed by atoms with Crippen molar-refractivity contribution in [2.75, 3.05) is 4.90 Å². The van der Waals surface area contributed by atoms with Crippen LogP contribution in [0.4, 0.5) is 17.1 Å². The van der Waals surface area contributed by atoms with Crippen LogP contribution in [0.25, 0.3) is 33.0 Å². The third-order valence-electron chi connectivity index (χ3n) is 16.1. The first-order valence-corrected chi connectivity index (χ1v) is 21.2. The monoisotopic (exact) mass is 754 g/mol. The largest absolute Gasteiger partial charge is 0.309 e. The van der Waals surface area contributed by atoms with Crippen LogP contribution in [0, 0.1) is 132 Å². The van der Waals surface area contributed by atoms with Crippen LogP contribution in [-0.4, -0.2) is 0 Å². The molecule has 1 nitrogen and oxygen atoms in total. The van der Waals surface area contributed by atoms with E-state index in [1.165, 1.54) is 167 Å². The van der Waals surface area contributed by atoms with Gasteiger partial charge in [0.15, 0.2) is 0 Å². The van der Waals surface area contributed by atoms with Crippen LogP contribution in [0.1, 0.15) is 131 Å². The van der Waals surface area contributed by atoms with Gasteiger partial charge in [0, 0.05) is 5.41 Å². The first-order chi connectivity index (χ1) is 26.5. The SMILES string of the molecule is Cc1c(C)c(C)c(N(c2c(C)c(C)c(C)c(C)c2C)c2c(C)c(C)c(-c3c(C)c4c(c5ccccc35)-c3c(C)c(C)c(C)c(C)c3C4(C)C)c(C)c2C)c(C)c1C. The Morgan fingerprint density at radius 1 is 0.281 bits per heavy atom. The molecular weight excluding hydrogens is 687 g/mol. The predicted molar refractivity (Wildman–Crippen MR) is 252 cm³/mol. The summed E-state index contributed by atoms with van der Waals surface area (Å²) in [5.41, 5.74) is 38.9. The maximum atomic E-state index is 2.70. The normalized spacial score (nSPS) is 13.1. The molecule has 0 spiro atoms. The summed E-state index contributed by atoms with van der Waals surface area (Å²) in [5, 5.41) is 2.73. The fourth-order valence-electron chi connectivity index (χ4n) is 11.4. The fraction of sp³-hybridized carbons (Fsp3) is 0.393. The maximum Gasteiger partial charge on any atom is 0.0526 e. The molecule has 0 heterocycles. The Hall–Kier alpha value is -4.62. The van der Waals surface area contributed by atoms with Gasteiger partial charge in [0.25, 0.3) is 0 Å². The number of fused-ring (bicyclic) bond motifs is 5. The third kappa shape index (κ3) is 5.26. The molecule has 0 aromatic heterocycles. The quantitative estimate of drug-likeness (QED) is 0.173. The van der Waals surface area contributed by atoms with Crippen molar-refractivity contribution in [3.63, 3.8) is 0 Å². The molecule has 0 unspecified atom stereocenters. The van der Waals surface area contributed by atoms with Crippen LogP contribution >= 0.6 is 0 Å². The molecule has 0 N–H and O–H groups in total. The number of hydrogen-bond donors (Lipinski definition) is 0. The molecule has 0 amide bonds. The van der Waals surface area contributed by atoms with Gasteiger partial charge in [-0.05, 0) is 281 Å². The molecule has 1 aliphatic carbocycles.